The number of benzene rings is 2. The van der Waals surface area contributed by atoms with Crippen molar-refractivity contribution >= 4 is 28.0 Å². The molecule has 1 amide bonds. The van der Waals surface area contributed by atoms with E-state index in [1.807, 2.05) is 24.3 Å². The van der Waals surface area contributed by atoms with E-state index in [0.717, 1.165) is 22.3 Å². The molecule has 1 heterocycles. The number of halogens is 1. The van der Waals surface area contributed by atoms with Crippen molar-refractivity contribution in [1.29, 1.82) is 0 Å². The Morgan fingerprint density at radius 1 is 0.971 bits per heavy atom. The maximum absolute atomic E-state index is 12.8. The van der Waals surface area contributed by atoms with Gasteiger partial charge in [-0.2, -0.15) is 5.10 Å². The summed E-state index contributed by atoms with van der Waals surface area (Å²) in [6.45, 7) is 5.47. The second-order valence-corrected chi connectivity index (χ2v) is 9.92. The number of ether oxygens (including phenoxy) is 2. The van der Waals surface area contributed by atoms with Gasteiger partial charge in [-0.15, -0.1) is 5.10 Å². The van der Waals surface area contributed by atoms with Crippen molar-refractivity contribution < 1.29 is 19.1 Å². The lowest BCUT2D eigenvalue weighted by Crippen LogP contribution is -2.46. The summed E-state index contributed by atoms with van der Waals surface area (Å²) in [4.78, 5) is 25.6. The molecule has 4 rings (SSSR count). The van der Waals surface area contributed by atoms with Crippen molar-refractivity contribution in [1.82, 2.24) is 15.5 Å². The Labute approximate surface area is 207 Å². The van der Waals surface area contributed by atoms with Gasteiger partial charge >= 0.3 is 12.1 Å². The van der Waals surface area contributed by atoms with Crippen molar-refractivity contribution in [2.45, 2.75) is 44.8 Å². The van der Waals surface area contributed by atoms with Gasteiger partial charge in [0.15, 0.2) is 0 Å². The maximum atomic E-state index is 12.8. The molecule has 8 heteroatoms. The highest BCUT2D eigenvalue weighted by atomic mass is 79.9. The van der Waals surface area contributed by atoms with E-state index in [0.29, 0.717) is 10.3 Å². The first-order valence-corrected chi connectivity index (χ1v) is 11.8. The second kappa shape index (κ2) is 9.93. The van der Waals surface area contributed by atoms with Crippen LogP contribution in [0.15, 0.2) is 65.3 Å². The lowest BCUT2D eigenvalue weighted by molar-refractivity contribution is -0.157. The summed E-state index contributed by atoms with van der Waals surface area (Å²) >= 11 is 3.24. The molecule has 34 heavy (non-hydrogen) atoms. The van der Waals surface area contributed by atoms with Gasteiger partial charge in [-0.1, -0.05) is 48.5 Å². The highest BCUT2D eigenvalue weighted by Crippen LogP contribution is 2.44. The first-order chi connectivity index (χ1) is 16.2. The Kier molecular flexibility index (Phi) is 6.97. The fraction of sp³-hybridized carbons (Fsp3) is 0.308. The summed E-state index contributed by atoms with van der Waals surface area (Å²) < 4.78 is 11.7. The first-order valence-electron chi connectivity index (χ1n) is 11.0. The van der Waals surface area contributed by atoms with E-state index in [9.17, 15) is 9.59 Å². The van der Waals surface area contributed by atoms with E-state index in [-0.39, 0.29) is 18.9 Å². The molecule has 1 aliphatic carbocycles. The van der Waals surface area contributed by atoms with E-state index < -0.39 is 23.7 Å². The molecule has 0 spiro atoms. The van der Waals surface area contributed by atoms with Gasteiger partial charge in [0, 0.05) is 12.3 Å². The lowest BCUT2D eigenvalue weighted by atomic mass is 9.98. The van der Waals surface area contributed by atoms with E-state index in [2.05, 4.69) is 55.7 Å². The van der Waals surface area contributed by atoms with Crippen molar-refractivity contribution in [3.63, 3.8) is 0 Å². The minimum atomic E-state index is -0.967. The van der Waals surface area contributed by atoms with Gasteiger partial charge < -0.3 is 14.8 Å². The number of amides is 1. The standard InChI is InChI=1S/C26H26BrN3O4/c1-26(2,3)34-24(31)22(14-16-12-13-23(27)30-29-16)28-25(32)33-15-21-19-10-6-4-8-17(19)18-9-5-7-11-20(18)21/h4-13,21-22H,14-15H2,1-3H3,(H,28,32)/t22-/m0/s1. The number of alkyl carbamates (subject to hydrolysis) is 1. The highest BCUT2D eigenvalue weighted by molar-refractivity contribution is 9.10. The molecule has 1 N–H and O–H groups in total. The molecule has 1 aromatic heterocycles. The molecule has 1 atom stereocenters. The molecular formula is C26H26BrN3O4. The predicted molar refractivity (Wildman–Crippen MR) is 131 cm³/mol. The largest absolute Gasteiger partial charge is 0.458 e. The van der Waals surface area contributed by atoms with Crippen LogP contribution in [0.1, 0.15) is 43.5 Å². The van der Waals surface area contributed by atoms with Crippen molar-refractivity contribution in [2.24, 2.45) is 0 Å². The molecule has 2 aromatic carbocycles. The SMILES string of the molecule is CC(C)(C)OC(=O)[C@H](Cc1ccc(Br)nn1)NC(=O)OCC1c2ccccc2-c2ccccc21. The van der Waals surface area contributed by atoms with Crippen molar-refractivity contribution in [2.75, 3.05) is 6.61 Å². The summed E-state index contributed by atoms with van der Waals surface area (Å²) in [5.41, 5.74) is 4.36. The first kappa shape index (κ1) is 23.9. The van der Waals surface area contributed by atoms with Crippen LogP contribution >= 0.6 is 15.9 Å². The molecule has 0 aliphatic heterocycles. The molecule has 1 aliphatic rings. The Bertz CT molecular complexity index is 1150. The number of carbonyl (C=O) groups is 2. The van der Waals surface area contributed by atoms with Gasteiger partial charge in [0.1, 0.15) is 22.9 Å². The van der Waals surface area contributed by atoms with Gasteiger partial charge in [0.05, 0.1) is 5.69 Å². The van der Waals surface area contributed by atoms with Crippen LogP contribution in [0, 0.1) is 0 Å². The highest BCUT2D eigenvalue weighted by Gasteiger charge is 2.31. The Balaban J connectivity index is 1.46. The Morgan fingerprint density at radius 3 is 2.15 bits per heavy atom. The zero-order valence-electron chi connectivity index (χ0n) is 19.2. The number of esters is 1. The molecule has 0 bridgehead atoms. The minimum absolute atomic E-state index is 0.0736. The molecule has 0 radical (unpaired) electrons. The average Bonchev–Trinajstić information content (AvgIpc) is 3.11. The average molecular weight is 524 g/mol. The van der Waals surface area contributed by atoms with Crippen LogP contribution in [0.25, 0.3) is 11.1 Å². The van der Waals surface area contributed by atoms with E-state index in [4.69, 9.17) is 9.47 Å². The summed E-state index contributed by atoms with van der Waals surface area (Å²) in [5, 5.41) is 10.7. The summed E-state index contributed by atoms with van der Waals surface area (Å²) in [7, 11) is 0. The molecule has 176 valence electrons. The molecular weight excluding hydrogens is 498 g/mol. The molecule has 0 unspecified atom stereocenters. The smallest absolute Gasteiger partial charge is 0.407 e. The summed E-state index contributed by atoms with van der Waals surface area (Å²) in [5.74, 6) is -0.638. The number of carbonyl (C=O) groups excluding carboxylic acids is 2. The number of nitrogens with one attached hydrogen (secondary N) is 1. The molecule has 0 fully saturated rings. The summed E-state index contributed by atoms with van der Waals surface area (Å²) in [6.07, 6.45) is -0.567. The van der Waals surface area contributed by atoms with E-state index >= 15 is 0 Å². The van der Waals surface area contributed by atoms with Crippen LogP contribution in [0.5, 0.6) is 0 Å². The van der Waals surface area contributed by atoms with Gasteiger partial charge in [-0.25, -0.2) is 9.59 Å². The third-order valence-electron chi connectivity index (χ3n) is 5.43. The number of hydrogen-bond acceptors (Lipinski definition) is 6. The van der Waals surface area contributed by atoms with E-state index in [1.165, 1.54) is 0 Å². The molecule has 0 saturated carbocycles. The normalized spacial score (nSPS) is 13.5. The number of nitrogens with zero attached hydrogens (tertiary/aromatic N) is 2. The van der Waals surface area contributed by atoms with Crippen LogP contribution in [0.2, 0.25) is 0 Å². The van der Waals surface area contributed by atoms with Crippen LogP contribution in [-0.2, 0) is 20.7 Å². The fourth-order valence-electron chi connectivity index (χ4n) is 4.01. The molecule has 3 aromatic rings. The van der Waals surface area contributed by atoms with Crippen LogP contribution in [0.4, 0.5) is 4.79 Å². The monoisotopic (exact) mass is 523 g/mol. The third kappa shape index (κ3) is 5.62. The summed E-state index contributed by atoms with van der Waals surface area (Å²) in [6, 6.07) is 18.7. The number of rotatable bonds is 6. The van der Waals surface area contributed by atoms with Crippen LogP contribution in [-0.4, -0.2) is 40.5 Å². The van der Waals surface area contributed by atoms with Crippen LogP contribution in [0.3, 0.4) is 0 Å². The van der Waals surface area contributed by atoms with E-state index in [1.54, 1.807) is 32.9 Å². The van der Waals surface area contributed by atoms with Crippen LogP contribution < -0.4 is 5.32 Å². The minimum Gasteiger partial charge on any atom is -0.458 e. The Morgan fingerprint density at radius 2 is 1.59 bits per heavy atom. The van der Waals surface area contributed by atoms with Crippen molar-refractivity contribution in [3.8, 4) is 11.1 Å². The van der Waals surface area contributed by atoms with Crippen molar-refractivity contribution in [3.05, 3.63) is 82.1 Å². The zero-order chi connectivity index (χ0) is 24.3. The van der Waals surface area contributed by atoms with Gasteiger partial charge in [0.25, 0.3) is 0 Å². The molecule has 0 saturated heterocycles. The number of aromatic nitrogens is 2. The fourth-order valence-corrected chi connectivity index (χ4v) is 4.22. The quantitative estimate of drug-likeness (QED) is 0.455. The van der Waals surface area contributed by atoms with Gasteiger partial charge in [-0.05, 0) is 71.1 Å². The predicted octanol–water partition coefficient (Wildman–Crippen LogP) is 5.03. The topological polar surface area (TPSA) is 90.4 Å². The second-order valence-electron chi connectivity index (χ2n) is 9.11. The molecule has 7 nitrogen and oxygen atoms in total. The van der Waals surface area contributed by atoms with Gasteiger partial charge in [-0.3, -0.25) is 0 Å². The Hall–Kier alpha value is -3.26. The lowest BCUT2D eigenvalue weighted by Gasteiger charge is -2.24. The number of fused-ring (bicyclic) bond motifs is 3. The van der Waals surface area contributed by atoms with Gasteiger partial charge in [0.2, 0.25) is 0 Å². The maximum Gasteiger partial charge on any atom is 0.407 e. The number of hydrogen-bond donors (Lipinski definition) is 1. The third-order valence-corrected chi connectivity index (χ3v) is 5.85. The zero-order valence-corrected chi connectivity index (χ0v) is 20.8.